The molecule has 0 saturated heterocycles. The number of amides is 1. The van der Waals surface area contributed by atoms with Crippen LogP contribution in [-0.2, 0) is 0 Å². The molecule has 2 rings (SSSR count). The minimum Gasteiger partial charge on any atom is -0.347 e. The van der Waals surface area contributed by atoms with Crippen molar-refractivity contribution in [1.82, 2.24) is 10.3 Å². The molecule has 21 heavy (non-hydrogen) atoms. The smallest absolute Gasteiger partial charge is 0.263 e. The molecule has 0 aliphatic rings. The van der Waals surface area contributed by atoms with Crippen LogP contribution in [-0.4, -0.2) is 16.4 Å². The van der Waals surface area contributed by atoms with E-state index in [1.807, 2.05) is 20.8 Å². The van der Waals surface area contributed by atoms with E-state index in [-0.39, 0.29) is 17.3 Å². The van der Waals surface area contributed by atoms with Gasteiger partial charge in [0.15, 0.2) is 5.13 Å². The Bertz CT molecular complexity index is 644. The van der Waals surface area contributed by atoms with E-state index in [1.54, 1.807) is 19.1 Å². The first-order valence-electron chi connectivity index (χ1n) is 6.57. The summed E-state index contributed by atoms with van der Waals surface area (Å²) in [4.78, 5) is 17.1. The van der Waals surface area contributed by atoms with E-state index in [9.17, 15) is 9.18 Å². The third kappa shape index (κ3) is 4.26. The summed E-state index contributed by atoms with van der Waals surface area (Å²) >= 11 is 1.28. The Morgan fingerprint density at radius 2 is 1.86 bits per heavy atom. The van der Waals surface area contributed by atoms with Gasteiger partial charge in [-0.1, -0.05) is 11.3 Å². The molecule has 0 atom stereocenters. The van der Waals surface area contributed by atoms with Gasteiger partial charge in [-0.25, -0.2) is 9.37 Å². The lowest BCUT2D eigenvalue weighted by Crippen LogP contribution is -2.40. The van der Waals surface area contributed by atoms with Crippen molar-refractivity contribution in [3.05, 3.63) is 40.7 Å². The molecule has 0 aliphatic carbocycles. The van der Waals surface area contributed by atoms with Crippen molar-refractivity contribution >= 4 is 28.1 Å². The van der Waals surface area contributed by atoms with Crippen LogP contribution < -0.4 is 10.6 Å². The van der Waals surface area contributed by atoms with Gasteiger partial charge in [-0.05, 0) is 52.0 Å². The first-order valence-corrected chi connectivity index (χ1v) is 7.39. The van der Waals surface area contributed by atoms with Crippen molar-refractivity contribution < 1.29 is 9.18 Å². The molecular weight excluding hydrogens is 289 g/mol. The number of aryl methyl sites for hydroxylation is 1. The molecule has 0 radical (unpaired) electrons. The van der Waals surface area contributed by atoms with Crippen LogP contribution in [0.3, 0.4) is 0 Å². The van der Waals surface area contributed by atoms with Gasteiger partial charge in [0.2, 0.25) is 0 Å². The Kier molecular flexibility index (Phi) is 4.27. The van der Waals surface area contributed by atoms with Crippen molar-refractivity contribution in [3.63, 3.8) is 0 Å². The molecular formula is C15H18FN3OS. The molecule has 0 unspecified atom stereocenters. The fourth-order valence-electron chi connectivity index (χ4n) is 1.71. The summed E-state index contributed by atoms with van der Waals surface area (Å²) in [5.41, 5.74) is 1.11. The Balaban J connectivity index is 2.15. The van der Waals surface area contributed by atoms with Gasteiger partial charge in [0.05, 0.1) is 5.69 Å². The van der Waals surface area contributed by atoms with Crippen LogP contribution in [0, 0.1) is 12.7 Å². The predicted molar refractivity (Wildman–Crippen MR) is 83.8 cm³/mol. The number of nitrogens with zero attached hydrogens (tertiary/aromatic N) is 1. The Morgan fingerprint density at radius 3 is 2.43 bits per heavy atom. The van der Waals surface area contributed by atoms with Gasteiger partial charge in [0, 0.05) is 11.2 Å². The van der Waals surface area contributed by atoms with Gasteiger partial charge in [0.25, 0.3) is 5.91 Å². The van der Waals surface area contributed by atoms with E-state index in [0.717, 1.165) is 5.69 Å². The Labute approximate surface area is 127 Å². The van der Waals surface area contributed by atoms with E-state index < -0.39 is 0 Å². The highest BCUT2D eigenvalue weighted by molar-refractivity contribution is 7.17. The van der Waals surface area contributed by atoms with Gasteiger partial charge in [-0.15, -0.1) is 0 Å². The summed E-state index contributed by atoms with van der Waals surface area (Å²) in [7, 11) is 0. The second kappa shape index (κ2) is 5.81. The summed E-state index contributed by atoms with van der Waals surface area (Å²) in [6.45, 7) is 7.58. The fraction of sp³-hybridized carbons (Fsp3) is 0.333. The molecule has 1 amide bonds. The lowest BCUT2D eigenvalue weighted by molar-refractivity contribution is 0.0923. The molecule has 0 bridgehead atoms. The van der Waals surface area contributed by atoms with E-state index in [4.69, 9.17) is 0 Å². The highest BCUT2D eigenvalue weighted by Gasteiger charge is 2.20. The van der Waals surface area contributed by atoms with Crippen LogP contribution >= 0.6 is 11.3 Å². The first kappa shape index (κ1) is 15.4. The van der Waals surface area contributed by atoms with Gasteiger partial charge in [0.1, 0.15) is 10.7 Å². The topological polar surface area (TPSA) is 54.0 Å². The third-order valence-electron chi connectivity index (χ3n) is 2.59. The van der Waals surface area contributed by atoms with Crippen molar-refractivity contribution in [2.75, 3.05) is 5.32 Å². The number of hydrogen-bond donors (Lipinski definition) is 2. The normalized spacial score (nSPS) is 11.3. The number of aromatic nitrogens is 1. The SMILES string of the molecule is Cc1nc(Nc2ccc(F)cc2)sc1C(=O)NC(C)(C)C. The van der Waals surface area contributed by atoms with Gasteiger partial charge in [-0.2, -0.15) is 0 Å². The largest absolute Gasteiger partial charge is 0.347 e. The molecule has 6 heteroatoms. The number of thiazole rings is 1. The molecule has 4 nitrogen and oxygen atoms in total. The van der Waals surface area contributed by atoms with Crippen molar-refractivity contribution in [3.8, 4) is 0 Å². The van der Waals surface area contributed by atoms with Crippen LogP contribution in [0.4, 0.5) is 15.2 Å². The summed E-state index contributed by atoms with van der Waals surface area (Å²) in [6.07, 6.45) is 0. The zero-order valence-electron chi connectivity index (χ0n) is 12.5. The van der Waals surface area contributed by atoms with E-state index in [0.29, 0.717) is 15.7 Å². The second-order valence-electron chi connectivity index (χ2n) is 5.77. The number of anilines is 2. The minimum absolute atomic E-state index is 0.135. The number of carbonyl (C=O) groups is 1. The molecule has 0 fully saturated rings. The van der Waals surface area contributed by atoms with Gasteiger partial charge < -0.3 is 10.6 Å². The molecule has 2 N–H and O–H groups in total. The Morgan fingerprint density at radius 1 is 1.24 bits per heavy atom. The van der Waals surface area contributed by atoms with Crippen LogP contribution in [0.15, 0.2) is 24.3 Å². The standard InChI is InChI=1S/C15H18FN3OS/c1-9-12(13(20)19-15(2,3)4)21-14(17-9)18-11-7-5-10(16)6-8-11/h5-8H,1-4H3,(H,17,18)(H,19,20). The summed E-state index contributed by atoms with van der Waals surface area (Å²) in [5, 5.41) is 6.60. The molecule has 112 valence electrons. The average Bonchev–Trinajstić information content (AvgIpc) is 2.71. The third-order valence-corrected chi connectivity index (χ3v) is 3.66. The molecule has 0 spiro atoms. The zero-order valence-corrected chi connectivity index (χ0v) is 13.3. The van der Waals surface area contributed by atoms with E-state index >= 15 is 0 Å². The monoisotopic (exact) mass is 307 g/mol. The number of carbonyl (C=O) groups excluding carboxylic acids is 1. The number of rotatable bonds is 3. The molecule has 0 saturated carbocycles. The zero-order chi connectivity index (χ0) is 15.6. The predicted octanol–water partition coefficient (Wildman–Crippen LogP) is 3.86. The van der Waals surface area contributed by atoms with Crippen molar-refractivity contribution in [2.45, 2.75) is 33.2 Å². The maximum atomic E-state index is 12.9. The first-order chi connectivity index (χ1) is 9.74. The molecule has 1 aromatic heterocycles. The summed E-state index contributed by atoms with van der Waals surface area (Å²) < 4.78 is 12.9. The Hall–Kier alpha value is -1.95. The van der Waals surface area contributed by atoms with Crippen LogP contribution in [0.25, 0.3) is 0 Å². The fourth-order valence-corrected chi connectivity index (χ4v) is 2.60. The molecule has 2 aromatic rings. The van der Waals surface area contributed by atoms with Gasteiger partial charge in [-0.3, -0.25) is 4.79 Å². The molecule has 0 aliphatic heterocycles. The number of halogens is 1. The van der Waals surface area contributed by atoms with Gasteiger partial charge >= 0.3 is 0 Å². The lowest BCUT2D eigenvalue weighted by atomic mass is 10.1. The van der Waals surface area contributed by atoms with Crippen molar-refractivity contribution in [2.24, 2.45) is 0 Å². The number of benzene rings is 1. The maximum Gasteiger partial charge on any atom is 0.263 e. The molecule has 1 aromatic carbocycles. The highest BCUT2D eigenvalue weighted by Crippen LogP contribution is 2.26. The van der Waals surface area contributed by atoms with E-state index in [2.05, 4.69) is 15.6 Å². The summed E-state index contributed by atoms with van der Waals surface area (Å²) in [5.74, 6) is -0.425. The summed E-state index contributed by atoms with van der Waals surface area (Å²) in [6, 6.07) is 5.99. The second-order valence-corrected chi connectivity index (χ2v) is 6.77. The maximum absolute atomic E-state index is 12.9. The van der Waals surface area contributed by atoms with Crippen LogP contribution in [0.1, 0.15) is 36.1 Å². The van der Waals surface area contributed by atoms with Crippen LogP contribution in [0.5, 0.6) is 0 Å². The quantitative estimate of drug-likeness (QED) is 0.905. The van der Waals surface area contributed by atoms with E-state index in [1.165, 1.54) is 23.5 Å². The number of nitrogens with one attached hydrogen (secondary N) is 2. The van der Waals surface area contributed by atoms with Crippen LogP contribution in [0.2, 0.25) is 0 Å². The lowest BCUT2D eigenvalue weighted by Gasteiger charge is -2.19. The average molecular weight is 307 g/mol. The highest BCUT2D eigenvalue weighted by atomic mass is 32.1. The van der Waals surface area contributed by atoms with Crippen molar-refractivity contribution in [1.29, 1.82) is 0 Å². The number of hydrogen-bond acceptors (Lipinski definition) is 4. The molecule has 1 heterocycles. The minimum atomic E-state index is -0.294.